The van der Waals surface area contributed by atoms with Crippen LogP contribution < -0.4 is 5.32 Å². The van der Waals surface area contributed by atoms with Crippen LogP contribution in [0.2, 0.25) is 0 Å². The summed E-state index contributed by atoms with van der Waals surface area (Å²) in [5.41, 5.74) is 0. The van der Waals surface area contributed by atoms with Gasteiger partial charge in [-0.2, -0.15) is 11.8 Å². The van der Waals surface area contributed by atoms with Gasteiger partial charge in [-0.1, -0.05) is 18.2 Å². The monoisotopic (exact) mass is 483 g/mol. The molecule has 1 fully saturated rings. The Morgan fingerprint density at radius 1 is 1.33 bits per heavy atom. The van der Waals surface area contributed by atoms with Gasteiger partial charge in [0.25, 0.3) is 0 Å². The van der Waals surface area contributed by atoms with E-state index in [1.807, 2.05) is 17.8 Å². The first kappa shape index (κ1) is 21.6. The Balaban J connectivity index is 0.00000288. The van der Waals surface area contributed by atoms with Crippen LogP contribution in [0.25, 0.3) is 0 Å². The second kappa shape index (κ2) is 9.28. The third-order valence-electron chi connectivity index (χ3n) is 3.69. The van der Waals surface area contributed by atoms with Gasteiger partial charge in [-0.3, -0.25) is 4.99 Å². The van der Waals surface area contributed by atoms with E-state index in [1.165, 1.54) is 0 Å². The minimum atomic E-state index is -3.26. The quantitative estimate of drug-likeness (QED) is 0.405. The van der Waals surface area contributed by atoms with Gasteiger partial charge in [-0.15, -0.1) is 24.0 Å². The van der Waals surface area contributed by atoms with Crippen LogP contribution in [0.4, 0.5) is 0 Å². The molecule has 0 radical (unpaired) electrons. The number of hydrogen-bond donors (Lipinski definition) is 1. The van der Waals surface area contributed by atoms with Crippen molar-refractivity contribution in [2.75, 3.05) is 38.2 Å². The highest BCUT2D eigenvalue weighted by Gasteiger charge is 2.28. The van der Waals surface area contributed by atoms with Crippen LogP contribution in [-0.2, 0) is 9.84 Å². The van der Waals surface area contributed by atoms with Crippen molar-refractivity contribution in [1.29, 1.82) is 0 Å². The van der Waals surface area contributed by atoms with Gasteiger partial charge < -0.3 is 10.2 Å². The fourth-order valence-electron chi connectivity index (χ4n) is 2.57. The number of guanidine groups is 1. The summed E-state index contributed by atoms with van der Waals surface area (Å²) in [6.45, 7) is 6.63. The normalized spacial score (nSPS) is 18.0. The molecule has 24 heavy (non-hydrogen) atoms. The maximum Gasteiger partial charge on any atom is 0.193 e. The predicted molar refractivity (Wildman–Crippen MR) is 113 cm³/mol. The van der Waals surface area contributed by atoms with Gasteiger partial charge >= 0.3 is 0 Å². The largest absolute Gasteiger partial charge is 0.355 e. The number of thioether (sulfide) groups is 1. The molecule has 0 saturated carbocycles. The van der Waals surface area contributed by atoms with E-state index in [2.05, 4.69) is 29.1 Å². The number of nitrogens with one attached hydrogen (secondary N) is 1. The maximum atomic E-state index is 12.3. The van der Waals surface area contributed by atoms with Gasteiger partial charge in [0.2, 0.25) is 0 Å². The highest BCUT2D eigenvalue weighted by atomic mass is 127. The molecule has 0 aromatic heterocycles. The summed E-state index contributed by atoms with van der Waals surface area (Å²) >= 11 is 1.96. The third-order valence-corrected chi connectivity index (χ3v) is 6.72. The zero-order chi connectivity index (χ0) is 16.9. The van der Waals surface area contributed by atoms with E-state index in [0.29, 0.717) is 11.4 Å². The molecule has 1 aliphatic heterocycles. The summed E-state index contributed by atoms with van der Waals surface area (Å²) < 4.78 is 24.8. The number of sulfone groups is 1. The second-order valence-corrected chi connectivity index (χ2v) is 10.0. The van der Waals surface area contributed by atoms with Crippen molar-refractivity contribution in [2.24, 2.45) is 4.99 Å². The molecule has 1 aromatic carbocycles. The summed E-state index contributed by atoms with van der Waals surface area (Å²) in [6, 6.07) is 8.57. The number of aliphatic imine (C=N–C) groups is 1. The van der Waals surface area contributed by atoms with E-state index < -0.39 is 9.84 Å². The first-order valence-electron chi connectivity index (χ1n) is 7.71. The van der Waals surface area contributed by atoms with Crippen LogP contribution in [0.3, 0.4) is 0 Å². The molecule has 1 heterocycles. The zero-order valence-corrected chi connectivity index (χ0v) is 18.3. The summed E-state index contributed by atoms with van der Waals surface area (Å²) in [6.07, 6.45) is 0. The minimum absolute atomic E-state index is 0. The van der Waals surface area contributed by atoms with Gasteiger partial charge in [0.15, 0.2) is 15.8 Å². The molecule has 0 bridgehead atoms. The molecule has 1 N–H and O–H groups in total. The molecule has 0 unspecified atom stereocenters. The molecule has 2 rings (SSSR count). The lowest BCUT2D eigenvalue weighted by Gasteiger charge is -2.39. The van der Waals surface area contributed by atoms with Crippen molar-refractivity contribution < 1.29 is 8.42 Å². The topological polar surface area (TPSA) is 61.8 Å². The zero-order valence-electron chi connectivity index (χ0n) is 14.4. The number of nitrogens with zero attached hydrogens (tertiary/aromatic N) is 2. The summed E-state index contributed by atoms with van der Waals surface area (Å²) in [5, 5.41) is 3.19. The highest BCUT2D eigenvalue weighted by molar-refractivity contribution is 14.0. The molecular formula is C16H26IN3O2S2. The van der Waals surface area contributed by atoms with Crippen LogP contribution in [0.1, 0.15) is 13.8 Å². The lowest BCUT2D eigenvalue weighted by atomic mass is 10.2. The molecule has 0 spiro atoms. The SMILES string of the molecule is CN=C(NCCS(=O)(=O)c1ccccc1)N1CCSC(C)(C)C1.I. The summed E-state index contributed by atoms with van der Waals surface area (Å²) in [5.74, 6) is 1.89. The average molecular weight is 483 g/mol. The van der Waals surface area contributed by atoms with E-state index in [1.54, 1.807) is 31.3 Å². The van der Waals surface area contributed by atoms with Crippen molar-refractivity contribution in [2.45, 2.75) is 23.5 Å². The molecule has 8 heteroatoms. The van der Waals surface area contributed by atoms with Gasteiger partial charge in [0.05, 0.1) is 10.6 Å². The molecule has 5 nitrogen and oxygen atoms in total. The molecule has 1 saturated heterocycles. The van der Waals surface area contributed by atoms with Crippen LogP contribution in [-0.4, -0.2) is 62.2 Å². The number of hydrogen-bond acceptors (Lipinski definition) is 4. The van der Waals surface area contributed by atoms with Crippen LogP contribution in [0.5, 0.6) is 0 Å². The highest BCUT2D eigenvalue weighted by Crippen LogP contribution is 2.29. The Bertz CT molecular complexity index is 649. The number of rotatable bonds is 4. The molecule has 0 aliphatic carbocycles. The average Bonchev–Trinajstić information content (AvgIpc) is 2.51. The van der Waals surface area contributed by atoms with Crippen molar-refractivity contribution in [1.82, 2.24) is 10.2 Å². The minimum Gasteiger partial charge on any atom is -0.355 e. The van der Waals surface area contributed by atoms with Crippen LogP contribution in [0.15, 0.2) is 40.2 Å². The maximum absolute atomic E-state index is 12.3. The van der Waals surface area contributed by atoms with Gasteiger partial charge in [-0.05, 0) is 26.0 Å². The van der Waals surface area contributed by atoms with Crippen LogP contribution in [0, 0.1) is 0 Å². The Hall–Kier alpha value is -0.480. The van der Waals surface area contributed by atoms with E-state index in [4.69, 9.17) is 0 Å². The third kappa shape index (κ3) is 6.11. The smallest absolute Gasteiger partial charge is 0.193 e. The first-order valence-corrected chi connectivity index (χ1v) is 10.4. The van der Waals surface area contributed by atoms with Gasteiger partial charge in [0, 0.05) is 37.2 Å². The molecular weight excluding hydrogens is 457 g/mol. The standard InChI is InChI=1S/C16H25N3O2S2.HI/c1-16(2)13-19(10-11-22-16)15(17-3)18-9-12-23(20,21)14-7-5-4-6-8-14;/h4-8H,9-13H2,1-3H3,(H,17,18);1H. The molecule has 136 valence electrons. The van der Waals surface area contributed by atoms with Gasteiger partial charge in [-0.25, -0.2) is 8.42 Å². The first-order chi connectivity index (χ1) is 10.8. The van der Waals surface area contributed by atoms with Crippen molar-refractivity contribution in [3.8, 4) is 0 Å². The fourth-order valence-corrected chi connectivity index (χ4v) is 4.86. The second-order valence-electron chi connectivity index (χ2n) is 6.14. The van der Waals surface area contributed by atoms with Crippen molar-refractivity contribution in [3.63, 3.8) is 0 Å². The molecule has 0 atom stereocenters. The van der Waals surface area contributed by atoms with Crippen LogP contribution >= 0.6 is 35.7 Å². The van der Waals surface area contributed by atoms with Gasteiger partial charge in [0.1, 0.15) is 0 Å². The Morgan fingerprint density at radius 3 is 2.58 bits per heavy atom. The lowest BCUT2D eigenvalue weighted by Crippen LogP contribution is -2.51. The molecule has 1 aliphatic rings. The Labute approximate surface area is 166 Å². The summed E-state index contributed by atoms with van der Waals surface area (Å²) in [4.78, 5) is 6.86. The number of benzene rings is 1. The Kier molecular flexibility index (Phi) is 8.34. The summed E-state index contributed by atoms with van der Waals surface area (Å²) in [7, 11) is -1.52. The lowest BCUT2D eigenvalue weighted by molar-refractivity contribution is 0.377. The van der Waals surface area contributed by atoms with E-state index in [0.717, 1.165) is 24.8 Å². The molecule has 1 aromatic rings. The van der Waals surface area contributed by atoms with E-state index >= 15 is 0 Å². The molecule has 0 amide bonds. The van der Waals surface area contributed by atoms with Crippen molar-refractivity contribution in [3.05, 3.63) is 30.3 Å². The fraction of sp³-hybridized carbons (Fsp3) is 0.562. The van der Waals surface area contributed by atoms with Crippen molar-refractivity contribution >= 4 is 51.5 Å². The van der Waals surface area contributed by atoms with E-state index in [-0.39, 0.29) is 34.5 Å². The predicted octanol–water partition coefficient (Wildman–Crippen LogP) is 2.48. The van der Waals surface area contributed by atoms with E-state index in [9.17, 15) is 8.42 Å². The number of halogens is 1. The Morgan fingerprint density at radius 2 is 2.00 bits per heavy atom.